The Balaban J connectivity index is 1.86. The maximum Gasteiger partial charge on any atom is 0.221 e. The lowest BCUT2D eigenvalue weighted by Gasteiger charge is -2.04. The zero-order chi connectivity index (χ0) is 12.1. The maximum absolute atomic E-state index is 11.0. The first-order chi connectivity index (χ1) is 8.25. The van der Waals surface area contributed by atoms with E-state index in [0.29, 0.717) is 13.1 Å². The molecule has 1 amide bonds. The fourth-order valence-corrected chi connectivity index (χ4v) is 2.19. The normalized spacial score (nSPS) is 10.4. The van der Waals surface area contributed by atoms with Gasteiger partial charge < -0.3 is 10.6 Å². The van der Waals surface area contributed by atoms with Crippen molar-refractivity contribution in [2.24, 2.45) is 0 Å². The van der Waals surface area contributed by atoms with Crippen LogP contribution in [0.3, 0.4) is 0 Å². The second kappa shape index (κ2) is 5.55. The van der Waals surface area contributed by atoms with Crippen LogP contribution in [0.4, 0.5) is 5.69 Å². The average molecular weight is 251 g/mol. The summed E-state index contributed by atoms with van der Waals surface area (Å²) in [4.78, 5) is 16.1. The number of rotatable bonds is 5. The Kier molecular flexibility index (Phi) is 3.84. The minimum Gasteiger partial charge on any atom is -0.325 e. The second-order valence-corrected chi connectivity index (χ2v) is 4.48. The van der Waals surface area contributed by atoms with Gasteiger partial charge in [-0.1, -0.05) is 0 Å². The van der Waals surface area contributed by atoms with Gasteiger partial charge in [-0.25, -0.2) is 4.98 Å². The average Bonchev–Trinajstić information content (AvgIpc) is 2.90. The highest BCUT2D eigenvalue weighted by Gasteiger charge is 2.05. The van der Waals surface area contributed by atoms with Gasteiger partial charge in [0.15, 0.2) is 0 Å². The van der Waals surface area contributed by atoms with Crippen LogP contribution in [0.15, 0.2) is 17.8 Å². The van der Waals surface area contributed by atoms with E-state index in [-0.39, 0.29) is 5.91 Å². The van der Waals surface area contributed by atoms with Crippen LogP contribution in [0.2, 0.25) is 0 Å². The Morgan fingerprint density at radius 3 is 3.12 bits per heavy atom. The van der Waals surface area contributed by atoms with E-state index in [1.54, 1.807) is 11.3 Å². The molecule has 0 atom stereocenters. The number of anilines is 1. The van der Waals surface area contributed by atoms with Gasteiger partial charge in [-0.05, 0) is 11.4 Å². The molecule has 0 spiro atoms. The monoisotopic (exact) mass is 251 g/mol. The third kappa shape index (κ3) is 3.36. The Hall–Kier alpha value is -1.73. The van der Waals surface area contributed by atoms with Gasteiger partial charge >= 0.3 is 0 Å². The minimum absolute atomic E-state index is 0.0557. The summed E-state index contributed by atoms with van der Waals surface area (Å²) < 4.78 is 0. The summed E-state index contributed by atoms with van der Waals surface area (Å²) >= 11 is 1.61. The highest BCUT2D eigenvalue weighted by Crippen LogP contribution is 2.21. The molecule has 2 aromatic heterocycles. The maximum atomic E-state index is 11.0. The molecule has 2 heterocycles. The molecule has 7 heteroatoms. The fraction of sp³-hybridized carbons (Fsp3) is 0.300. The molecule has 0 aliphatic carbocycles. The number of aromatic nitrogens is 3. The van der Waals surface area contributed by atoms with Crippen molar-refractivity contribution in [1.82, 2.24) is 20.5 Å². The number of carbonyl (C=O) groups is 1. The van der Waals surface area contributed by atoms with Crippen LogP contribution in [0.5, 0.6) is 0 Å². The van der Waals surface area contributed by atoms with Crippen LogP contribution in [0, 0.1) is 0 Å². The predicted molar refractivity (Wildman–Crippen MR) is 65.5 cm³/mol. The number of H-pyrrole nitrogens is 1. The number of amides is 1. The molecule has 6 nitrogen and oxygen atoms in total. The molecule has 0 aromatic carbocycles. The molecule has 0 radical (unpaired) electrons. The highest BCUT2D eigenvalue weighted by atomic mass is 32.1. The molecule has 0 aliphatic heterocycles. The van der Waals surface area contributed by atoms with E-state index in [1.807, 2.05) is 11.4 Å². The molecule has 90 valence electrons. The van der Waals surface area contributed by atoms with E-state index in [2.05, 4.69) is 25.8 Å². The van der Waals surface area contributed by atoms with E-state index in [9.17, 15) is 4.79 Å². The van der Waals surface area contributed by atoms with Crippen molar-refractivity contribution in [1.29, 1.82) is 0 Å². The van der Waals surface area contributed by atoms with Crippen LogP contribution < -0.4 is 10.6 Å². The van der Waals surface area contributed by atoms with Gasteiger partial charge in [0.25, 0.3) is 0 Å². The Labute approximate surface area is 102 Å². The van der Waals surface area contributed by atoms with Crippen molar-refractivity contribution < 1.29 is 4.79 Å². The zero-order valence-electron chi connectivity index (χ0n) is 9.36. The number of aromatic amines is 1. The zero-order valence-corrected chi connectivity index (χ0v) is 10.2. The largest absolute Gasteiger partial charge is 0.325 e. The van der Waals surface area contributed by atoms with Gasteiger partial charge in [-0.3, -0.25) is 9.89 Å². The van der Waals surface area contributed by atoms with Crippen LogP contribution in [-0.2, 0) is 17.9 Å². The molecule has 3 N–H and O–H groups in total. The molecule has 0 unspecified atom stereocenters. The first-order valence-electron chi connectivity index (χ1n) is 5.14. The van der Waals surface area contributed by atoms with Crippen molar-refractivity contribution in [2.45, 2.75) is 20.0 Å². The quantitative estimate of drug-likeness (QED) is 0.743. The van der Waals surface area contributed by atoms with Crippen LogP contribution in [-0.4, -0.2) is 21.1 Å². The van der Waals surface area contributed by atoms with Crippen molar-refractivity contribution >= 4 is 22.9 Å². The lowest BCUT2D eigenvalue weighted by Crippen LogP contribution is -2.15. The van der Waals surface area contributed by atoms with E-state index in [4.69, 9.17) is 0 Å². The second-order valence-electron chi connectivity index (χ2n) is 3.47. The number of nitrogens with one attached hydrogen (secondary N) is 3. The molecule has 2 aromatic rings. The number of hydrogen-bond donors (Lipinski definition) is 3. The summed E-state index contributed by atoms with van der Waals surface area (Å²) in [6.45, 7) is 2.81. The van der Waals surface area contributed by atoms with Crippen LogP contribution in [0.25, 0.3) is 0 Å². The molecule has 0 saturated carbocycles. The van der Waals surface area contributed by atoms with Gasteiger partial charge in [0.05, 0.1) is 12.2 Å². The molecule has 0 bridgehead atoms. The molecule has 0 fully saturated rings. The Morgan fingerprint density at radius 2 is 2.41 bits per heavy atom. The van der Waals surface area contributed by atoms with Crippen LogP contribution >= 0.6 is 11.3 Å². The Morgan fingerprint density at radius 1 is 1.53 bits per heavy atom. The number of thiophene rings is 1. The molecule has 0 aliphatic rings. The van der Waals surface area contributed by atoms with Gasteiger partial charge in [0.2, 0.25) is 5.91 Å². The predicted octanol–water partition coefficient (Wildman–Crippen LogP) is 1.11. The summed E-state index contributed by atoms with van der Waals surface area (Å²) in [7, 11) is 0. The van der Waals surface area contributed by atoms with E-state index >= 15 is 0 Å². The van der Waals surface area contributed by atoms with Crippen molar-refractivity contribution in [3.8, 4) is 0 Å². The molecule has 0 saturated heterocycles. The number of carbonyl (C=O) groups excluding carboxylic acids is 1. The smallest absolute Gasteiger partial charge is 0.221 e. The van der Waals surface area contributed by atoms with Crippen molar-refractivity contribution in [3.05, 3.63) is 28.5 Å². The van der Waals surface area contributed by atoms with Crippen molar-refractivity contribution in [2.75, 3.05) is 5.32 Å². The van der Waals surface area contributed by atoms with Gasteiger partial charge in [-0.15, -0.1) is 11.3 Å². The molecule has 17 heavy (non-hydrogen) atoms. The molecular formula is C10H13N5OS. The highest BCUT2D eigenvalue weighted by molar-refractivity contribution is 7.10. The van der Waals surface area contributed by atoms with Crippen LogP contribution in [0.1, 0.15) is 17.6 Å². The molecular weight excluding hydrogens is 238 g/mol. The third-order valence-corrected chi connectivity index (χ3v) is 3.02. The van der Waals surface area contributed by atoms with E-state index < -0.39 is 0 Å². The third-order valence-electron chi connectivity index (χ3n) is 2.10. The first kappa shape index (κ1) is 11.7. The van der Waals surface area contributed by atoms with Gasteiger partial charge in [-0.2, -0.15) is 5.10 Å². The Bertz CT molecular complexity index is 479. The number of nitrogens with zero attached hydrogens (tertiary/aromatic N) is 2. The van der Waals surface area contributed by atoms with Gasteiger partial charge in [0, 0.05) is 18.3 Å². The lowest BCUT2D eigenvalue weighted by molar-refractivity contribution is -0.114. The topological polar surface area (TPSA) is 82.7 Å². The van der Waals surface area contributed by atoms with Gasteiger partial charge in [0.1, 0.15) is 12.2 Å². The summed E-state index contributed by atoms with van der Waals surface area (Å²) in [5.74, 6) is 0.738. The summed E-state index contributed by atoms with van der Waals surface area (Å²) in [6, 6.07) is 1.90. The molecule has 2 rings (SSSR count). The minimum atomic E-state index is -0.0557. The first-order valence-corrected chi connectivity index (χ1v) is 6.02. The fourth-order valence-electron chi connectivity index (χ4n) is 1.39. The summed E-state index contributed by atoms with van der Waals surface area (Å²) in [5.41, 5.74) is 0.868. The van der Waals surface area contributed by atoms with Crippen molar-refractivity contribution in [3.63, 3.8) is 0 Å². The lowest BCUT2D eigenvalue weighted by atomic mass is 10.3. The van der Waals surface area contributed by atoms with E-state index in [0.717, 1.165) is 16.4 Å². The summed E-state index contributed by atoms with van der Waals surface area (Å²) in [6.07, 6.45) is 1.48. The summed E-state index contributed by atoms with van der Waals surface area (Å²) in [5, 5.41) is 14.5. The SMILES string of the molecule is CC(=O)Nc1ccsc1CNCc1ncn[nH]1. The van der Waals surface area contributed by atoms with E-state index in [1.165, 1.54) is 13.3 Å². The number of hydrogen-bond acceptors (Lipinski definition) is 5. The standard InChI is InChI=1S/C10H13N5OS/c1-7(16)14-8-2-3-17-9(8)4-11-5-10-12-6-13-15-10/h2-3,6,11H,4-5H2,1H3,(H,14,16)(H,12,13,15).